The number of rotatable bonds is 11. The van der Waals surface area contributed by atoms with Gasteiger partial charge >= 0.3 is 11.9 Å². The third-order valence-electron chi connectivity index (χ3n) is 4.39. The van der Waals surface area contributed by atoms with E-state index in [-0.39, 0.29) is 18.7 Å². The average molecular weight is 447 g/mol. The number of nitrogens with one attached hydrogen (secondary N) is 2. The molecule has 0 radical (unpaired) electrons. The van der Waals surface area contributed by atoms with E-state index in [4.69, 9.17) is 21.7 Å². The Morgan fingerprint density at radius 3 is 2.20 bits per heavy atom. The number of carbonyl (C=O) groups excluding carboxylic acids is 4. The SMILES string of the molecule is NC(=O)CC(NC(=O)C(N)CC(=O)O)C(=O)N1CCCC1C(=O)NC(CS)C(=O)O. The van der Waals surface area contributed by atoms with E-state index in [2.05, 4.69) is 23.3 Å². The van der Waals surface area contributed by atoms with Crippen LogP contribution in [-0.2, 0) is 28.8 Å². The van der Waals surface area contributed by atoms with Crippen LogP contribution in [0.1, 0.15) is 25.7 Å². The number of hydrogen-bond donors (Lipinski definition) is 7. The molecular formula is C16H25N5O8S. The van der Waals surface area contributed by atoms with Gasteiger partial charge in [-0.15, -0.1) is 0 Å². The molecule has 4 unspecified atom stereocenters. The van der Waals surface area contributed by atoms with Gasteiger partial charge in [-0.25, -0.2) is 4.79 Å². The van der Waals surface area contributed by atoms with E-state index in [1.165, 1.54) is 0 Å². The third-order valence-corrected chi connectivity index (χ3v) is 4.75. The van der Waals surface area contributed by atoms with Gasteiger partial charge in [0.25, 0.3) is 0 Å². The maximum absolute atomic E-state index is 12.9. The van der Waals surface area contributed by atoms with Crippen molar-refractivity contribution >= 4 is 48.2 Å². The summed E-state index contributed by atoms with van der Waals surface area (Å²) in [5.74, 6) is -6.18. The molecule has 8 N–H and O–H groups in total. The predicted octanol–water partition coefficient (Wildman–Crippen LogP) is -3.36. The molecule has 13 nitrogen and oxygen atoms in total. The molecule has 0 aromatic carbocycles. The van der Waals surface area contributed by atoms with Crippen LogP contribution in [0.5, 0.6) is 0 Å². The second-order valence-corrected chi connectivity index (χ2v) is 7.07. The van der Waals surface area contributed by atoms with Crippen molar-refractivity contribution < 1.29 is 39.0 Å². The van der Waals surface area contributed by atoms with Crippen LogP contribution < -0.4 is 22.1 Å². The Balaban J connectivity index is 2.94. The first kappa shape index (κ1) is 25.2. The van der Waals surface area contributed by atoms with Gasteiger partial charge in [-0.3, -0.25) is 24.0 Å². The Morgan fingerprint density at radius 2 is 1.70 bits per heavy atom. The number of nitrogens with two attached hydrogens (primary N) is 2. The van der Waals surface area contributed by atoms with Crippen molar-refractivity contribution in [3.05, 3.63) is 0 Å². The van der Waals surface area contributed by atoms with Gasteiger partial charge in [-0.05, 0) is 12.8 Å². The monoisotopic (exact) mass is 447 g/mol. The molecule has 0 aromatic heterocycles. The Kier molecular flexibility index (Phi) is 9.52. The molecule has 1 fully saturated rings. The molecular weight excluding hydrogens is 422 g/mol. The number of carboxylic acids is 2. The average Bonchev–Trinajstić information content (AvgIpc) is 3.13. The summed E-state index contributed by atoms with van der Waals surface area (Å²) in [7, 11) is 0. The number of primary amides is 1. The zero-order valence-electron chi connectivity index (χ0n) is 15.9. The summed E-state index contributed by atoms with van der Waals surface area (Å²) in [6, 6.07) is -5.19. The van der Waals surface area contributed by atoms with Crippen LogP contribution in [0.3, 0.4) is 0 Å². The highest BCUT2D eigenvalue weighted by atomic mass is 32.1. The van der Waals surface area contributed by atoms with Crippen molar-refractivity contribution in [1.82, 2.24) is 15.5 Å². The maximum atomic E-state index is 12.9. The molecule has 0 aliphatic carbocycles. The van der Waals surface area contributed by atoms with Crippen LogP contribution in [0.25, 0.3) is 0 Å². The minimum atomic E-state index is -1.46. The lowest BCUT2D eigenvalue weighted by Crippen LogP contribution is -2.57. The molecule has 1 saturated heterocycles. The summed E-state index contributed by atoms with van der Waals surface area (Å²) in [4.78, 5) is 71.7. The van der Waals surface area contributed by atoms with Gasteiger partial charge in [-0.1, -0.05) is 0 Å². The topological polar surface area (TPSA) is 222 Å². The minimum absolute atomic E-state index is 0.127. The number of carbonyl (C=O) groups is 6. The fourth-order valence-corrected chi connectivity index (χ4v) is 3.16. The second kappa shape index (κ2) is 11.3. The van der Waals surface area contributed by atoms with Gasteiger partial charge in [0.15, 0.2) is 0 Å². The zero-order chi connectivity index (χ0) is 23.0. The van der Waals surface area contributed by atoms with Crippen molar-refractivity contribution in [2.75, 3.05) is 12.3 Å². The van der Waals surface area contributed by atoms with Crippen molar-refractivity contribution in [1.29, 1.82) is 0 Å². The molecule has 0 aromatic rings. The quantitative estimate of drug-likeness (QED) is 0.157. The highest BCUT2D eigenvalue weighted by Crippen LogP contribution is 2.19. The lowest BCUT2D eigenvalue weighted by atomic mass is 10.1. The van der Waals surface area contributed by atoms with Gasteiger partial charge in [-0.2, -0.15) is 12.6 Å². The first-order valence-corrected chi connectivity index (χ1v) is 9.61. The summed E-state index contributed by atoms with van der Waals surface area (Å²) in [5.41, 5.74) is 10.6. The van der Waals surface area contributed by atoms with E-state index in [1.807, 2.05) is 0 Å². The maximum Gasteiger partial charge on any atom is 0.327 e. The zero-order valence-corrected chi connectivity index (χ0v) is 16.8. The standard InChI is InChI=1S/C16H25N5O8S/c17-7(4-12(23)24)13(25)19-8(5-11(18)22)15(27)21-3-1-2-10(21)14(26)20-9(6-30)16(28)29/h7-10,30H,1-6,17H2,(H2,18,22)(H,19,25)(H,20,26)(H,23,24)(H,28,29). The van der Waals surface area contributed by atoms with E-state index < -0.39 is 72.6 Å². The van der Waals surface area contributed by atoms with Crippen molar-refractivity contribution in [3.8, 4) is 0 Å². The summed E-state index contributed by atoms with van der Waals surface area (Å²) in [6.07, 6.45) is -0.619. The van der Waals surface area contributed by atoms with Gasteiger partial charge in [0.2, 0.25) is 23.6 Å². The molecule has 168 valence electrons. The van der Waals surface area contributed by atoms with Crippen LogP contribution in [0.15, 0.2) is 0 Å². The molecule has 1 aliphatic heterocycles. The van der Waals surface area contributed by atoms with Gasteiger partial charge in [0.05, 0.1) is 18.9 Å². The predicted molar refractivity (Wildman–Crippen MR) is 104 cm³/mol. The number of aliphatic carboxylic acids is 2. The Labute approximate surface area is 176 Å². The Bertz CT molecular complexity index is 718. The van der Waals surface area contributed by atoms with Crippen LogP contribution in [0.2, 0.25) is 0 Å². The number of hydrogen-bond acceptors (Lipinski definition) is 8. The molecule has 1 heterocycles. The van der Waals surface area contributed by atoms with Crippen molar-refractivity contribution in [3.63, 3.8) is 0 Å². The Morgan fingerprint density at radius 1 is 1.07 bits per heavy atom. The number of carboxylic acid groups (broad SMARTS) is 2. The normalized spacial score (nSPS) is 18.7. The molecule has 4 atom stereocenters. The van der Waals surface area contributed by atoms with E-state index in [1.54, 1.807) is 0 Å². The minimum Gasteiger partial charge on any atom is -0.481 e. The largest absolute Gasteiger partial charge is 0.481 e. The Hall–Kier alpha value is -2.87. The lowest BCUT2D eigenvalue weighted by Gasteiger charge is -2.29. The fraction of sp³-hybridized carbons (Fsp3) is 0.625. The molecule has 1 rings (SSSR count). The third kappa shape index (κ3) is 7.18. The fourth-order valence-electron chi connectivity index (χ4n) is 2.92. The number of thiol groups is 1. The summed E-state index contributed by atoms with van der Waals surface area (Å²) >= 11 is 3.86. The van der Waals surface area contributed by atoms with Crippen LogP contribution >= 0.6 is 12.6 Å². The summed E-state index contributed by atoms with van der Waals surface area (Å²) in [6.45, 7) is 0.127. The van der Waals surface area contributed by atoms with Gasteiger partial charge in [0.1, 0.15) is 18.1 Å². The molecule has 0 bridgehead atoms. The lowest BCUT2D eigenvalue weighted by molar-refractivity contribution is -0.145. The highest BCUT2D eigenvalue weighted by Gasteiger charge is 2.39. The van der Waals surface area contributed by atoms with Crippen LogP contribution in [0, 0.1) is 0 Å². The first-order valence-electron chi connectivity index (χ1n) is 8.98. The molecule has 1 aliphatic rings. The van der Waals surface area contributed by atoms with E-state index >= 15 is 0 Å². The molecule has 30 heavy (non-hydrogen) atoms. The van der Waals surface area contributed by atoms with E-state index in [9.17, 15) is 28.8 Å². The molecule has 0 saturated carbocycles. The number of likely N-dealkylation sites (tertiary alicyclic amines) is 1. The first-order chi connectivity index (χ1) is 14.0. The smallest absolute Gasteiger partial charge is 0.327 e. The number of amides is 4. The van der Waals surface area contributed by atoms with Crippen LogP contribution in [0.4, 0.5) is 0 Å². The van der Waals surface area contributed by atoms with Gasteiger partial charge in [0, 0.05) is 12.3 Å². The molecule has 14 heteroatoms. The summed E-state index contributed by atoms with van der Waals surface area (Å²) in [5, 5.41) is 22.2. The van der Waals surface area contributed by atoms with Crippen molar-refractivity contribution in [2.45, 2.75) is 49.9 Å². The summed E-state index contributed by atoms with van der Waals surface area (Å²) < 4.78 is 0. The van der Waals surface area contributed by atoms with Crippen LogP contribution in [-0.4, -0.2) is 87.1 Å². The van der Waals surface area contributed by atoms with Crippen molar-refractivity contribution in [2.24, 2.45) is 11.5 Å². The molecule has 4 amide bonds. The van der Waals surface area contributed by atoms with Gasteiger partial charge < -0.3 is 37.2 Å². The van der Waals surface area contributed by atoms with E-state index in [0.717, 1.165) is 4.90 Å². The molecule has 0 spiro atoms. The van der Waals surface area contributed by atoms with E-state index in [0.29, 0.717) is 6.42 Å². The number of nitrogens with zero attached hydrogens (tertiary/aromatic N) is 1. The second-order valence-electron chi connectivity index (χ2n) is 6.71. The highest BCUT2D eigenvalue weighted by molar-refractivity contribution is 7.80.